The zero-order valence-corrected chi connectivity index (χ0v) is 8.84. The SMILES string of the molecule is O=Cc1nc2ccc(S(=O)(=O)Cl)cc2[nH]1. The summed E-state index contributed by atoms with van der Waals surface area (Å²) in [7, 11) is 1.41. The summed E-state index contributed by atoms with van der Waals surface area (Å²) in [6.45, 7) is 0. The first kappa shape index (κ1) is 10.1. The number of nitrogens with one attached hydrogen (secondary N) is 1. The van der Waals surface area contributed by atoms with Crippen LogP contribution in [0.4, 0.5) is 0 Å². The Morgan fingerprint density at radius 3 is 2.73 bits per heavy atom. The maximum atomic E-state index is 11.0. The van der Waals surface area contributed by atoms with Crippen molar-refractivity contribution in [2.75, 3.05) is 0 Å². The van der Waals surface area contributed by atoms with Crippen molar-refractivity contribution in [2.45, 2.75) is 4.90 Å². The highest BCUT2D eigenvalue weighted by Gasteiger charge is 2.11. The molecule has 0 amide bonds. The minimum Gasteiger partial charge on any atom is -0.336 e. The lowest BCUT2D eigenvalue weighted by Gasteiger charge is -1.94. The van der Waals surface area contributed by atoms with Crippen LogP contribution >= 0.6 is 10.7 Å². The van der Waals surface area contributed by atoms with Crippen LogP contribution < -0.4 is 0 Å². The second-order valence-electron chi connectivity index (χ2n) is 2.86. The molecule has 7 heteroatoms. The summed E-state index contributed by atoms with van der Waals surface area (Å²) < 4.78 is 22.0. The van der Waals surface area contributed by atoms with Gasteiger partial charge >= 0.3 is 0 Å². The number of fused-ring (bicyclic) bond motifs is 1. The number of nitrogens with zero attached hydrogens (tertiary/aromatic N) is 1. The number of carbonyl (C=O) groups excluding carboxylic acids is 1. The topological polar surface area (TPSA) is 79.9 Å². The molecule has 0 atom stereocenters. The van der Waals surface area contributed by atoms with Gasteiger partial charge in [0, 0.05) is 10.7 Å². The highest BCUT2D eigenvalue weighted by atomic mass is 35.7. The predicted octanol–water partition coefficient (Wildman–Crippen LogP) is 1.30. The summed E-state index contributed by atoms with van der Waals surface area (Å²) in [5, 5.41) is 0. The van der Waals surface area contributed by atoms with Crippen molar-refractivity contribution in [3.05, 3.63) is 24.0 Å². The van der Waals surface area contributed by atoms with Crippen molar-refractivity contribution in [2.24, 2.45) is 0 Å². The van der Waals surface area contributed by atoms with E-state index in [1.807, 2.05) is 0 Å². The lowest BCUT2D eigenvalue weighted by atomic mass is 10.3. The standard InChI is InChI=1S/C8H5ClN2O3S/c9-15(13,14)5-1-2-6-7(3-5)11-8(4-12)10-6/h1-4H,(H,10,11). The van der Waals surface area contributed by atoms with Gasteiger partial charge in [0.15, 0.2) is 12.1 Å². The number of imidazole rings is 1. The maximum absolute atomic E-state index is 11.0. The number of halogens is 1. The summed E-state index contributed by atoms with van der Waals surface area (Å²) in [6, 6.07) is 4.14. The third-order valence-electron chi connectivity index (χ3n) is 1.86. The van der Waals surface area contributed by atoms with Gasteiger partial charge in [0.1, 0.15) is 0 Å². The zero-order valence-electron chi connectivity index (χ0n) is 7.27. The highest BCUT2D eigenvalue weighted by molar-refractivity contribution is 8.13. The van der Waals surface area contributed by atoms with Gasteiger partial charge in [-0.15, -0.1) is 0 Å². The lowest BCUT2D eigenvalue weighted by molar-refractivity contribution is 0.111. The van der Waals surface area contributed by atoms with E-state index < -0.39 is 9.05 Å². The second kappa shape index (κ2) is 3.32. The Bertz CT molecular complexity index is 632. The fourth-order valence-electron chi connectivity index (χ4n) is 1.22. The Labute approximate surface area is 89.5 Å². The molecule has 5 nitrogen and oxygen atoms in total. The molecule has 0 unspecified atom stereocenters. The predicted molar refractivity (Wildman–Crippen MR) is 54.5 cm³/mol. The highest BCUT2D eigenvalue weighted by Crippen LogP contribution is 2.19. The average molecular weight is 245 g/mol. The van der Waals surface area contributed by atoms with E-state index in [-0.39, 0.29) is 10.7 Å². The van der Waals surface area contributed by atoms with Crippen LogP contribution in [0.25, 0.3) is 11.0 Å². The number of carbonyl (C=O) groups is 1. The Morgan fingerprint density at radius 2 is 2.13 bits per heavy atom. The quantitative estimate of drug-likeness (QED) is 0.638. The van der Waals surface area contributed by atoms with Crippen LogP contribution in [-0.4, -0.2) is 24.7 Å². The molecule has 0 aliphatic rings. The molecule has 1 aromatic carbocycles. The van der Waals surface area contributed by atoms with Gasteiger partial charge in [-0.3, -0.25) is 4.79 Å². The summed E-state index contributed by atoms with van der Waals surface area (Å²) in [5.41, 5.74) is 0.972. The first-order valence-electron chi connectivity index (χ1n) is 3.90. The number of aromatic amines is 1. The molecule has 0 aliphatic carbocycles. The molecule has 0 saturated heterocycles. The van der Waals surface area contributed by atoms with E-state index in [4.69, 9.17) is 10.7 Å². The zero-order chi connectivity index (χ0) is 11.1. The van der Waals surface area contributed by atoms with Gasteiger partial charge in [-0.2, -0.15) is 0 Å². The summed E-state index contributed by atoms with van der Waals surface area (Å²) >= 11 is 0. The first-order chi connectivity index (χ1) is 7.00. The van der Waals surface area contributed by atoms with Crippen LogP contribution in [0.15, 0.2) is 23.1 Å². The van der Waals surface area contributed by atoms with Crippen LogP contribution in [-0.2, 0) is 9.05 Å². The van der Waals surface area contributed by atoms with Crippen LogP contribution in [0.2, 0.25) is 0 Å². The van der Waals surface area contributed by atoms with E-state index in [9.17, 15) is 13.2 Å². The molecule has 2 aromatic rings. The minimum absolute atomic E-state index is 0.0298. The van der Waals surface area contributed by atoms with E-state index in [0.717, 1.165) is 0 Å². The van der Waals surface area contributed by atoms with Crippen LogP contribution in [0.5, 0.6) is 0 Å². The lowest BCUT2D eigenvalue weighted by Crippen LogP contribution is -1.89. The van der Waals surface area contributed by atoms with Crippen molar-refractivity contribution in [3.63, 3.8) is 0 Å². The normalized spacial score (nSPS) is 11.8. The largest absolute Gasteiger partial charge is 0.336 e. The molecule has 1 aromatic heterocycles. The van der Waals surface area contributed by atoms with Gasteiger partial charge in [0.25, 0.3) is 9.05 Å². The minimum atomic E-state index is -3.76. The molecule has 1 heterocycles. The van der Waals surface area contributed by atoms with Gasteiger partial charge in [-0.1, -0.05) is 0 Å². The molecule has 0 bridgehead atoms. The van der Waals surface area contributed by atoms with Crippen molar-refractivity contribution in [1.82, 2.24) is 9.97 Å². The molecular formula is C8H5ClN2O3S. The third kappa shape index (κ3) is 1.86. The van der Waals surface area contributed by atoms with Crippen LogP contribution in [0, 0.1) is 0 Å². The molecule has 0 fully saturated rings. The third-order valence-corrected chi connectivity index (χ3v) is 3.22. The number of H-pyrrole nitrogens is 1. The number of hydrogen-bond donors (Lipinski definition) is 1. The van der Waals surface area contributed by atoms with Gasteiger partial charge in [0.2, 0.25) is 0 Å². The average Bonchev–Trinajstić information content (AvgIpc) is 2.57. The molecule has 1 N–H and O–H groups in total. The number of aromatic nitrogens is 2. The Balaban J connectivity index is 2.71. The number of aldehydes is 1. The van der Waals surface area contributed by atoms with Gasteiger partial charge in [-0.25, -0.2) is 13.4 Å². The van der Waals surface area contributed by atoms with Crippen molar-refractivity contribution < 1.29 is 13.2 Å². The fourth-order valence-corrected chi connectivity index (χ4v) is 1.99. The Hall–Kier alpha value is -1.40. The summed E-state index contributed by atoms with van der Waals surface area (Å²) in [4.78, 5) is 16.9. The molecule has 0 spiro atoms. The Kier molecular flexibility index (Phi) is 2.24. The molecule has 0 saturated carbocycles. The molecule has 0 aliphatic heterocycles. The number of rotatable bonds is 2. The van der Waals surface area contributed by atoms with E-state index >= 15 is 0 Å². The van der Waals surface area contributed by atoms with E-state index in [1.165, 1.54) is 18.2 Å². The van der Waals surface area contributed by atoms with Gasteiger partial charge in [0.05, 0.1) is 15.9 Å². The fraction of sp³-hybridized carbons (Fsp3) is 0. The Morgan fingerprint density at radius 1 is 1.40 bits per heavy atom. The summed E-state index contributed by atoms with van der Waals surface area (Å²) in [6.07, 6.45) is 0.550. The summed E-state index contributed by atoms with van der Waals surface area (Å²) in [5.74, 6) is 0.147. The van der Waals surface area contributed by atoms with E-state index in [0.29, 0.717) is 17.3 Å². The van der Waals surface area contributed by atoms with E-state index in [2.05, 4.69) is 9.97 Å². The second-order valence-corrected chi connectivity index (χ2v) is 5.42. The smallest absolute Gasteiger partial charge is 0.261 e. The van der Waals surface area contributed by atoms with Gasteiger partial charge < -0.3 is 4.98 Å². The van der Waals surface area contributed by atoms with Gasteiger partial charge in [-0.05, 0) is 18.2 Å². The molecule has 78 valence electrons. The molecule has 0 radical (unpaired) electrons. The molecular weight excluding hydrogens is 240 g/mol. The van der Waals surface area contributed by atoms with Crippen LogP contribution in [0.1, 0.15) is 10.6 Å². The molecule has 15 heavy (non-hydrogen) atoms. The first-order valence-corrected chi connectivity index (χ1v) is 6.21. The number of benzene rings is 1. The monoisotopic (exact) mass is 244 g/mol. The van der Waals surface area contributed by atoms with E-state index in [1.54, 1.807) is 0 Å². The van der Waals surface area contributed by atoms with Crippen molar-refractivity contribution in [3.8, 4) is 0 Å². The number of hydrogen-bond acceptors (Lipinski definition) is 4. The van der Waals surface area contributed by atoms with Crippen molar-refractivity contribution >= 4 is 37.1 Å². The van der Waals surface area contributed by atoms with Crippen LogP contribution in [0.3, 0.4) is 0 Å². The molecule has 2 rings (SSSR count). The van der Waals surface area contributed by atoms with Crippen molar-refractivity contribution in [1.29, 1.82) is 0 Å². The maximum Gasteiger partial charge on any atom is 0.261 e.